The van der Waals surface area contributed by atoms with Crippen molar-refractivity contribution in [1.82, 2.24) is 9.97 Å². The third-order valence-electron chi connectivity index (χ3n) is 11.4. The van der Waals surface area contributed by atoms with Crippen LogP contribution in [0.1, 0.15) is 64.0 Å². The van der Waals surface area contributed by atoms with Crippen molar-refractivity contribution in [3.8, 4) is 0 Å². The molecule has 2 aromatic rings. The van der Waals surface area contributed by atoms with Gasteiger partial charge in [-0.2, -0.15) is 0 Å². The lowest BCUT2D eigenvalue weighted by Crippen LogP contribution is -2.49. The maximum absolute atomic E-state index is 4.68. The highest BCUT2D eigenvalue weighted by atomic mass is 31.1. The molecule has 0 radical (unpaired) electrons. The van der Waals surface area contributed by atoms with E-state index in [1.807, 2.05) is 17.6 Å². The summed E-state index contributed by atoms with van der Waals surface area (Å²) in [5.74, 6) is 4.51. The van der Waals surface area contributed by atoms with Gasteiger partial charge in [-0.25, -0.2) is 0 Å². The van der Waals surface area contributed by atoms with Crippen LogP contribution in [0, 0.1) is 29.6 Å². The number of nitrogens with zero attached hydrogens (tertiary/aromatic N) is 2. The smallest absolute Gasteiger partial charge is 0.0770 e. The summed E-state index contributed by atoms with van der Waals surface area (Å²) in [5, 5.41) is 3.63. The number of allylic oxidation sites excluding steroid dienone is 4. The van der Waals surface area contributed by atoms with E-state index < -0.39 is 16.1 Å². The van der Waals surface area contributed by atoms with Crippen molar-refractivity contribution in [2.75, 3.05) is 6.16 Å². The van der Waals surface area contributed by atoms with Crippen molar-refractivity contribution < 1.29 is 0 Å². The zero-order valence-electron chi connectivity index (χ0n) is 28.3. The lowest BCUT2D eigenvalue weighted by Gasteiger charge is -2.59. The molecule has 2 heterocycles. The van der Waals surface area contributed by atoms with Crippen LogP contribution < -0.4 is 0 Å². The molecule has 2 nitrogen and oxygen atoms in total. The first-order valence-corrected chi connectivity index (χ1v) is 26.1. The van der Waals surface area contributed by atoms with Gasteiger partial charge in [0.25, 0.3) is 0 Å². The fourth-order valence-electron chi connectivity index (χ4n) is 9.94. The molecule has 5 aliphatic rings. The molecule has 232 valence electrons. The van der Waals surface area contributed by atoms with Crippen molar-refractivity contribution in [3.05, 3.63) is 82.2 Å². The second-order valence-corrected chi connectivity index (χ2v) is 31.7. The van der Waals surface area contributed by atoms with E-state index in [9.17, 15) is 0 Å². The summed E-state index contributed by atoms with van der Waals surface area (Å²) >= 11 is 0. The average Bonchev–Trinajstić information content (AvgIpc) is 3.33. The Bertz CT molecular complexity index is 1310. The summed E-state index contributed by atoms with van der Waals surface area (Å²) in [6.07, 6.45) is 19.8. The predicted octanol–water partition coefficient (Wildman–Crippen LogP) is 10.3. The van der Waals surface area contributed by atoms with Crippen molar-refractivity contribution in [1.29, 1.82) is 0 Å². The normalized spacial score (nSPS) is 30.1. The van der Waals surface area contributed by atoms with E-state index in [1.54, 1.807) is 10.8 Å². The molecule has 5 aliphatic carbocycles. The van der Waals surface area contributed by atoms with Gasteiger partial charge in [0, 0.05) is 30.7 Å². The van der Waals surface area contributed by atoms with Gasteiger partial charge in [-0.1, -0.05) is 96.6 Å². The Kier molecular flexibility index (Phi) is 8.49. The highest BCUT2D eigenvalue weighted by molar-refractivity contribution is 7.60. The highest BCUT2D eigenvalue weighted by Crippen LogP contribution is 2.69. The number of aromatic nitrogens is 2. The van der Waals surface area contributed by atoms with Gasteiger partial charge in [-0.3, -0.25) is 9.97 Å². The molecule has 0 aromatic carbocycles. The molecule has 4 bridgehead atoms. The molecule has 4 fully saturated rings. The zero-order valence-corrected chi connectivity index (χ0v) is 32.4. The largest absolute Gasteiger partial charge is 0.264 e. The van der Waals surface area contributed by atoms with Crippen LogP contribution in [0.4, 0.5) is 0 Å². The van der Waals surface area contributed by atoms with Crippen molar-refractivity contribution in [2.45, 2.75) is 108 Å². The predicted molar refractivity (Wildman–Crippen MR) is 197 cm³/mol. The minimum Gasteiger partial charge on any atom is -0.264 e. The minimum absolute atomic E-state index is 0.181. The average molecular weight is 647 g/mol. The molecule has 0 amide bonds. The maximum Gasteiger partial charge on any atom is 0.0770 e. The molecule has 0 spiro atoms. The number of hydrogen-bond donors (Lipinski definition) is 0. The fourth-order valence-corrected chi connectivity index (χ4v) is 20.7. The van der Waals surface area contributed by atoms with Crippen molar-refractivity contribution >= 4 is 33.3 Å². The van der Waals surface area contributed by atoms with Crippen LogP contribution in [-0.4, -0.2) is 43.1 Å². The van der Waals surface area contributed by atoms with Gasteiger partial charge < -0.3 is 0 Å². The fraction of sp³-hybridized carbons (Fsp3) is 0.622. The topological polar surface area (TPSA) is 25.8 Å². The monoisotopic (exact) mass is 646 g/mol. The van der Waals surface area contributed by atoms with E-state index in [0.29, 0.717) is 11.1 Å². The highest BCUT2D eigenvalue weighted by Gasteiger charge is 2.54. The molecule has 7 rings (SSSR count). The first-order chi connectivity index (χ1) is 20.1. The molecule has 43 heavy (non-hydrogen) atoms. The summed E-state index contributed by atoms with van der Waals surface area (Å²) in [5.41, 5.74) is 5.09. The Morgan fingerprint density at radius 3 is 1.70 bits per heavy atom. The molecule has 3 unspecified atom stereocenters. The molecule has 6 heteroatoms. The van der Waals surface area contributed by atoms with Gasteiger partial charge in [0.2, 0.25) is 0 Å². The molecular formula is C37H56N2P2Si2. The van der Waals surface area contributed by atoms with E-state index in [0.717, 1.165) is 29.3 Å². The molecule has 0 aliphatic heterocycles. The Labute approximate surface area is 268 Å². The van der Waals surface area contributed by atoms with Crippen molar-refractivity contribution in [3.63, 3.8) is 0 Å². The van der Waals surface area contributed by atoms with E-state index in [4.69, 9.17) is 0 Å². The number of hydrogen-bond acceptors (Lipinski definition) is 2. The first kappa shape index (κ1) is 32.0. The third kappa shape index (κ3) is 5.90. The molecule has 2 aromatic heterocycles. The molecule has 0 N–H and O–H groups in total. The van der Waals surface area contributed by atoms with Crippen LogP contribution in [0.15, 0.2) is 71.1 Å². The van der Waals surface area contributed by atoms with Crippen LogP contribution in [0.2, 0.25) is 39.3 Å². The summed E-state index contributed by atoms with van der Waals surface area (Å²) in [6.45, 7) is 23.5. The van der Waals surface area contributed by atoms with Gasteiger partial charge >= 0.3 is 0 Å². The Hall–Kier alpha value is -0.926. The quantitative estimate of drug-likeness (QED) is 0.211. The summed E-state index contributed by atoms with van der Waals surface area (Å²) in [6, 6.07) is 8.85. The van der Waals surface area contributed by atoms with Crippen LogP contribution in [0.3, 0.4) is 0 Å². The number of rotatable bonds is 8. The molecular weight excluding hydrogens is 591 g/mol. The summed E-state index contributed by atoms with van der Waals surface area (Å²) < 4.78 is 0. The van der Waals surface area contributed by atoms with Crippen LogP contribution in [-0.2, 0) is 5.16 Å². The maximum atomic E-state index is 4.68. The first-order valence-electron chi connectivity index (χ1n) is 16.9. The second kappa shape index (κ2) is 11.4. The lowest BCUT2D eigenvalue weighted by molar-refractivity contribution is 0.0242. The minimum atomic E-state index is -1.66. The zero-order chi connectivity index (χ0) is 30.9. The van der Waals surface area contributed by atoms with E-state index in [2.05, 4.69) is 122 Å². The summed E-state index contributed by atoms with van der Waals surface area (Å²) in [4.78, 5) is 9.36. The standard InChI is InChI=1S/C37H56N2P2Si2/c1-36(2,3)41(34-27-17-25-16-26(19-27)20-28(34)18-25)24-31-32(21-33(42(4,5)6)35(31)43(7,8)9)37(40,29-12-10-14-38-22-29)30-13-11-15-39-23-30/h10-15,21-23,25-28,31,34H,16-20,24,40H2,1-9H3. The summed E-state index contributed by atoms with van der Waals surface area (Å²) in [7, 11) is -0.0622. The molecule has 4 saturated carbocycles. The lowest BCUT2D eigenvalue weighted by atomic mass is 9.56. The third-order valence-corrected chi connectivity index (χ3v) is 21.0. The van der Waals surface area contributed by atoms with Crippen molar-refractivity contribution in [2.24, 2.45) is 29.6 Å². The SMILES string of the molecule is CC(C)(C)P(CC1C(C(P)(c2cccnc2)c2cccnc2)=CC([Si](C)(C)C)=C1[Si](C)(C)C)C1C2CC3CC(C2)CC1C3. The number of pyridine rings is 2. The van der Waals surface area contributed by atoms with E-state index in [-0.39, 0.29) is 13.1 Å². The molecule has 3 atom stereocenters. The van der Waals surface area contributed by atoms with E-state index in [1.165, 1.54) is 49.4 Å². The van der Waals surface area contributed by atoms with E-state index >= 15 is 0 Å². The Balaban J connectivity index is 1.53. The Morgan fingerprint density at radius 2 is 1.30 bits per heavy atom. The molecule has 0 saturated heterocycles. The van der Waals surface area contributed by atoms with Gasteiger partial charge in [0.1, 0.15) is 0 Å². The Morgan fingerprint density at radius 1 is 0.791 bits per heavy atom. The van der Waals surface area contributed by atoms with Crippen LogP contribution in [0.5, 0.6) is 0 Å². The van der Waals surface area contributed by atoms with Gasteiger partial charge in [0.05, 0.1) is 21.3 Å². The van der Waals surface area contributed by atoms with Gasteiger partial charge in [0.15, 0.2) is 0 Å². The van der Waals surface area contributed by atoms with Gasteiger partial charge in [-0.05, 0) is 102 Å². The van der Waals surface area contributed by atoms with Crippen LogP contribution in [0.25, 0.3) is 0 Å². The van der Waals surface area contributed by atoms with Gasteiger partial charge in [-0.15, -0.1) is 9.24 Å². The second-order valence-electron chi connectivity index (χ2n) is 17.5. The van der Waals surface area contributed by atoms with Crippen LogP contribution >= 0.6 is 17.2 Å².